The van der Waals surface area contributed by atoms with E-state index >= 15 is 0 Å². The van der Waals surface area contributed by atoms with Crippen molar-refractivity contribution in [1.82, 2.24) is 15.0 Å². The zero-order chi connectivity index (χ0) is 27.6. The Hall–Kier alpha value is -3.57. The van der Waals surface area contributed by atoms with E-state index in [2.05, 4.69) is 20.3 Å². The maximum atomic E-state index is 13.1. The number of nitrogens with one attached hydrogen (secondary N) is 2. The van der Waals surface area contributed by atoms with Crippen molar-refractivity contribution >= 4 is 63.0 Å². The van der Waals surface area contributed by atoms with Gasteiger partial charge >= 0.3 is 6.18 Å². The van der Waals surface area contributed by atoms with Crippen LogP contribution in [0.25, 0.3) is 22.5 Å². The second-order valence-electron chi connectivity index (χ2n) is 7.51. The topological polar surface area (TPSA) is 138 Å². The number of benzene rings is 2. The largest absolute Gasteiger partial charge is 0.416 e. The molecule has 4 rings (SSSR count). The molecular formula is C23H13Cl2F3N6O2S2. The lowest BCUT2D eigenvalue weighted by Gasteiger charge is -2.10. The zero-order valence-electron chi connectivity index (χ0n) is 18.7. The summed E-state index contributed by atoms with van der Waals surface area (Å²) in [5.41, 5.74) is 4.55. The van der Waals surface area contributed by atoms with Crippen LogP contribution in [0.15, 0.2) is 51.7 Å². The summed E-state index contributed by atoms with van der Waals surface area (Å²) in [5.74, 6) is -0.706. The van der Waals surface area contributed by atoms with Crippen LogP contribution >= 0.6 is 46.3 Å². The maximum Gasteiger partial charge on any atom is 0.416 e. The van der Waals surface area contributed by atoms with Crippen molar-refractivity contribution in [2.24, 2.45) is 0 Å². The number of aromatic nitrogens is 3. The molecule has 0 spiro atoms. The van der Waals surface area contributed by atoms with Gasteiger partial charge in [0.15, 0.2) is 10.3 Å². The highest BCUT2D eigenvalue weighted by Crippen LogP contribution is 2.35. The summed E-state index contributed by atoms with van der Waals surface area (Å²) < 4.78 is 39.4. The summed E-state index contributed by atoms with van der Waals surface area (Å²) in [6, 6.07) is 8.96. The predicted octanol–water partition coefficient (Wildman–Crippen LogP) is 6.07. The van der Waals surface area contributed by atoms with Crippen LogP contribution in [0.1, 0.15) is 11.1 Å². The lowest BCUT2D eigenvalue weighted by molar-refractivity contribution is -0.137. The van der Waals surface area contributed by atoms with Crippen LogP contribution in [0, 0.1) is 11.3 Å². The van der Waals surface area contributed by atoms with E-state index in [1.54, 1.807) is 23.6 Å². The van der Waals surface area contributed by atoms with Crippen molar-refractivity contribution in [3.05, 3.63) is 73.3 Å². The number of carbonyl (C=O) groups excluding carboxylic acids is 1. The fraction of sp³-hybridized carbons (Fsp3) is 0.0870. The number of nitrogens with two attached hydrogens (primary N) is 1. The van der Waals surface area contributed by atoms with Gasteiger partial charge in [0.25, 0.3) is 5.56 Å². The number of thiazole rings is 1. The van der Waals surface area contributed by atoms with Gasteiger partial charge in [-0.2, -0.15) is 18.4 Å². The molecule has 0 bridgehead atoms. The van der Waals surface area contributed by atoms with Crippen LogP contribution in [0.3, 0.4) is 0 Å². The van der Waals surface area contributed by atoms with Crippen LogP contribution in [0.2, 0.25) is 10.0 Å². The molecule has 0 aliphatic rings. The van der Waals surface area contributed by atoms with Crippen LogP contribution in [-0.4, -0.2) is 26.6 Å². The molecule has 0 atom stereocenters. The van der Waals surface area contributed by atoms with E-state index in [0.29, 0.717) is 11.3 Å². The highest BCUT2D eigenvalue weighted by atomic mass is 35.5. The third-order valence-corrected chi connectivity index (χ3v) is 7.19. The Labute approximate surface area is 230 Å². The van der Waals surface area contributed by atoms with Crippen molar-refractivity contribution in [2.75, 3.05) is 16.8 Å². The van der Waals surface area contributed by atoms with Gasteiger partial charge in [0.05, 0.1) is 38.4 Å². The predicted molar refractivity (Wildman–Crippen MR) is 141 cm³/mol. The molecule has 4 aromatic rings. The molecular weight excluding hydrogens is 584 g/mol. The summed E-state index contributed by atoms with van der Waals surface area (Å²) in [4.78, 5) is 35.7. The standard InChI is InChI=1S/C23H13Cl2F3N6O2S2/c24-14-5-11(6-15(25)18(14)30)16-8-37-21(31-16)32-17(35)9-38-22-33-19(13(7-29)20(36)34-22)10-2-1-3-12(4-10)23(26,27)28/h1-6,8H,9,30H2,(H,31,32,35)(H,33,34,36). The van der Waals surface area contributed by atoms with Crippen LogP contribution in [0.4, 0.5) is 24.0 Å². The van der Waals surface area contributed by atoms with E-state index in [1.165, 1.54) is 6.07 Å². The number of rotatable bonds is 6. The molecule has 0 saturated heterocycles. The summed E-state index contributed by atoms with van der Waals surface area (Å²) >= 11 is 14.1. The van der Waals surface area contributed by atoms with Crippen molar-refractivity contribution in [1.29, 1.82) is 5.26 Å². The Morgan fingerprint density at radius 2 is 1.89 bits per heavy atom. The van der Waals surface area contributed by atoms with Gasteiger partial charge in [-0.25, -0.2) is 9.97 Å². The number of aromatic amines is 1. The first kappa shape index (κ1) is 27.5. The Morgan fingerprint density at radius 1 is 1.18 bits per heavy atom. The molecule has 0 fully saturated rings. The van der Waals surface area contributed by atoms with Gasteiger partial charge < -0.3 is 16.0 Å². The van der Waals surface area contributed by atoms with E-state index in [-0.39, 0.29) is 43.0 Å². The number of hydrogen-bond donors (Lipinski definition) is 3. The smallest absolute Gasteiger partial charge is 0.396 e. The average molecular weight is 597 g/mol. The molecule has 4 N–H and O–H groups in total. The minimum Gasteiger partial charge on any atom is -0.396 e. The fourth-order valence-corrected chi connectivity index (χ4v) is 5.05. The van der Waals surface area contributed by atoms with Crippen LogP contribution in [0.5, 0.6) is 0 Å². The van der Waals surface area contributed by atoms with Crippen LogP contribution < -0.4 is 16.6 Å². The van der Waals surface area contributed by atoms with Crippen LogP contribution in [-0.2, 0) is 11.0 Å². The minimum absolute atomic E-state index is 0.0532. The quantitative estimate of drug-likeness (QED) is 0.139. The second-order valence-corrected chi connectivity index (χ2v) is 10.1. The fourth-order valence-electron chi connectivity index (χ4n) is 3.16. The van der Waals surface area contributed by atoms with E-state index < -0.39 is 28.8 Å². The molecule has 0 aliphatic carbocycles. The second kappa shape index (κ2) is 11.0. The molecule has 38 heavy (non-hydrogen) atoms. The van der Waals surface area contributed by atoms with Gasteiger partial charge in [-0.1, -0.05) is 47.1 Å². The first-order valence-electron chi connectivity index (χ1n) is 10.3. The third kappa shape index (κ3) is 6.11. The monoisotopic (exact) mass is 596 g/mol. The number of nitriles is 1. The van der Waals surface area contributed by atoms with E-state index in [9.17, 15) is 28.0 Å². The molecule has 0 aliphatic heterocycles. The lowest BCUT2D eigenvalue weighted by atomic mass is 10.0. The first-order chi connectivity index (χ1) is 18.0. The van der Waals surface area contributed by atoms with Gasteiger partial charge in [0, 0.05) is 16.5 Å². The number of alkyl halides is 3. The molecule has 0 saturated carbocycles. The van der Waals surface area contributed by atoms with Gasteiger partial charge in [-0.3, -0.25) is 9.59 Å². The summed E-state index contributed by atoms with van der Waals surface area (Å²) in [6.07, 6.45) is -4.62. The Balaban J connectivity index is 1.50. The maximum absolute atomic E-state index is 13.1. The van der Waals surface area contributed by atoms with E-state index in [0.717, 1.165) is 41.3 Å². The summed E-state index contributed by atoms with van der Waals surface area (Å²) in [5, 5.41) is 14.4. The van der Waals surface area contributed by atoms with Gasteiger partial charge in [0.1, 0.15) is 11.6 Å². The molecule has 15 heteroatoms. The Bertz CT molecular complexity index is 1630. The molecule has 2 aromatic heterocycles. The third-order valence-electron chi connectivity index (χ3n) is 4.94. The Kier molecular flexibility index (Phi) is 7.98. The number of anilines is 2. The number of hydrogen-bond acceptors (Lipinski definition) is 8. The molecule has 2 aromatic carbocycles. The number of nitrogen functional groups attached to an aromatic ring is 1. The van der Waals surface area contributed by atoms with Gasteiger partial charge in [0.2, 0.25) is 5.91 Å². The van der Waals surface area contributed by atoms with Crippen molar-refractivity contribution < 1.29 is 18.0 Å². The summed E-state index contributed by atoms with van der Waals surface area (Å²) in [7, 11) is 0. The molecule has 0 radical (unpaired) electrons. The number of halogens is 5. The number of carbonyl (C=O) groups is 1. The number of H-pyrrole nitrogens is 1. The van der Waals surface area contributed by atoms with Crippen molar-refractivity contribution in [2.45, 2.75) is 11.3 Å². The molecule has 8 nitrogen and oxygen atoms in total. The van der Waals surface area contributed by atoms with Crippen molar-refractivity contribution in [3.8, 4) is 28.6 Å². The average Bonchev–Trinajstić information content (AvgIpc) is 3.33. The normalized spacial score (nSPS) is 11.3. The van der Waals surface area contributed by atoms with Crippen molar-refractivity contribution in [3.63, 3.8) is 0 Å². The lowest BCUT2D eigenvalue weighted by Crippen LogP contribution is -2.17. The van der Waals surface area contributed by atoms with Gasteiger partial charge in [-0.15, -0.1) is 11.3 Å². The molecule has 1 amide bonds. The van der Waals surface area contributed by atoms with E-state index in [4.69, 9.17) is 28.9 Å². The molecule has 0 unspecified atom stereocenters. The highest BCUT2D eigenvalue weighted by molar-refractivity contribution is 7.99. The Morgan fingerprint density at radius 3 is 2.55 bits per heavy atom. The minimum atomic E-state index is -4.62. The van der Waals surface area contributed by atoms with Gasteiger partial charge in [-0.05, 0) is 24.3 Å². The molecule has 2 heterocycles. The first-order valence-corrected chi connectivity index (χ1v) is 12.9. The SMILES string of the molecule is N#Cc1c(-c2cccc(C(F)(F)F)c2)nc(SCC(=O)Nc2nc(-c3cc(Cl)c(N)c(Cl)c3)cs2)[nH]c1=O. The highest BCUT2D eigenvalue weighted by Gasteiger charge is 2.31. The number of amides is 1. The number of nitrogens with zero attached hydrogens (tertiary/aromatic N) is 3. The summed E-state index contributed by atoms with van der Waals surface area (Å²) in [6.45, 7) is 0. The molecule has 194 valence electrons. The van der Waals surface area contributed by atoms with E-state index in [1.807, 2.05) is 0 Å². The number of thioether (sulfide) groups is 1. The zero-order valence-corrected chi connectivity index (χ0v) is 21.8.